The van der Waals surface area contributed by atoms with Gasteiger partial charge in [0.25, 0.3) is 0 Å². The largest absolute Gasteiger partial charge is 0.481 e. The maximum atomic E-state index is 13.4. The van der Waals surface area contributed by atoms with E-state index in [4.69, 9.17) is 14.2 Å². The number of ether oxygens (including phenoxy) is 3. The summed E-state index contributed by atoms with van der Waals surface area (Å²) in [5.41, 5.74) is -0.437. The third-order valence-electron chi connectivity index (χ3n) is 18.5. The molecule has 56 heavy (non-hydrogen) atoms. The van der Waals surface area contributed by atoms with Gasteiger partial charge in [-0.05, 0) is 115 Å². The molecule has 1 aliphatic heterocycles. The Hall–Kier alpha value is -1.89. The minimum absolute atomic E-state index is 0.0154. The van der Waals surface area contributed by atoms with Crippen LogP contribution in [-0.2, 0) is 25.6 Å². The van der Waals surface area contributed by atoms with E-state index in [1.165, 1.54) is 5.57 Å². The number of benzene rings is 1. The molecule has 10 heteroatoms. The summed E-state index contributed by atoms with van der Waals surface area (Å²) in [6.07, 6.45) is 6.14. The molecule has 0 aromatic heterocycles. The van der Waals surface area contributed by atoms with Crippen molar-refractivity contribution in [1.82, 2.24) is 0 Å². The van der Waals surface area contributed by atoms with E-state index in [1.807, 2.05) is 30.3 Å². The number of carbonyl (C=O) groups is 1. The minimum atomic E-state index is -1.47. The molecule has 1 heterocycles. The van der Waals surface area contributed by atoms with Crippen LogP contribution in [0.3, 0.4) is 0 Å². The molecule has 0 unspecified atom stereocenters. The zero-order chi connectivity index (χ0) is 40.1. The molecule has 6 fully saturated rings. The zero-order valence-electron chi connectivity index (χ0n) is 34.3. The zero-order valence-corrected chi connectivity index (χ0v) is 34.3. The second-order valence-electron chi connectivity index (χ2n) is 20.9. The van der Waals surface area contributed by atoms with Crippen LogP contribution in [0.1, 0.15) is 117 Å². The van der Waals surface area contributed by atoms with E-state index < -0.39 is 53.6 Å². The van der Waals surface area contributed by atoms with E-state index in [0.717, 1.165) is 56.9 Å². The van der Waals surface area contributed by atoms with Crippen molar-refractivity contribution in [3.05, 3.63) is 47.5 Å². The number of hydrogen-bond donors (Lipinski definition) is 6. The molecular weight excluding hydrogens is 712 g/mol. The van der Waals surface area contributed by atoms with Gasteiger partial charge in [-0.1, -0.05) is 89.4 Å². The predicted octanol–water partition coefficient (Wildman–Crippen LogP) is 6.01. The van der Waals surface area contributed by atoms with Crippen molar-refractivity contribution in [3.63, 3.8) is 0 Å². The Bertz CT molecular complexity index is 1660. The molecule has 10 nitrogen and oxygen atoms in total. The highest BCUT2D eigenvalue weighted by Gasteiger charge is 2.77. The lowest BCUT2D eigenvalue weighted by Gasteiger charge is -2.77. The fourth-order valence-corrected chi connectivity index (χ4v) is 15.1. The molecule has 0 amide bonds. The summed E-state index contributed by atoms with van der Waals surface area (Å²) < 4.78 is 19.6. The van der Waals surface area contributed by atoms with Crippen LogP contribution < -0.4 is 0 Å². The van der Waals surface area contributed by atoms with E-state index in [0.29, 0.717) is 32.3 Å². The second kappa shape index (κ2) is 14.1. The number of carboxylic acid groups (broad SMARTS) is 1. The van der Waals surface area contributed by atoms with Gasteiger partial charge in [0.1, 0.15) is 18.3 Å². The highest BCUT2D eigenvalue weighted by molar-refractivity contribution is 5.76. The molecule has 8 rings (SSSR count). The van der Waals surface area contributed by atoms with Crippen molar-refractivity contribution in [2.75, 3.05) is 19.8 Å². The number of aliphatic hydroxyl groups is 5. The van der Waals surface area contributed by atoms with Gasteiger partial charge in [-0.3, -0.25) is 4.79 Å². The molecule has 6 N–H and O–H groups in total. The van der Waals surface area contributed by atoms with E-state index in [2.05, 4.69) is 40.7 Å². The van der Waals surface area contributed by atoms with E-state index in [9.17, 15) is 35.4 Å². The lowest BCUT2D eigenvalue weighted by molar-refractivity contribution is -0.341. The molecule has 5 saturated carbocycles. The average molecular weight is 781 g/mol. The van der Waals surface area contributed by atoms with Crippen molar-refractivity contribution in [1.29, 1.82) is 0 Å². The maximum Gasteiger partial charge on any atom is 0.310 e. The first-order valence-electron chi connectivity index (χ1n) is 21.6. The first-order valence-corrected chi connectivity index (χ1v) is 21.6. The molecule has 1 aromatic carbocycles. The SMILES string of the molecule is C[C@]1(CO)CC[C@]2(C(=O)O)CC[C@]3(C)C(=CC[C@@H]4[C@@]5(C)C[C@@H](OCc6ccccc6)[C@@H](O[C@@H]6OC[C@@H](O)[C@H](O)[C@H]6O)[C@@](C)(CO)[C@H]5CC5(CCCC5)[C@]43C)[C@@H]2C1. The summed E-state index contributed by atoms with van der Waals surface area (Å²) in [6, 6.07) is 10.0. The van der Waals surface area contributed by atoms with E-state index >= 15 is 0 Å². The van der Waals surface area contributed by atoms with Gasteiger partial charge in [-0.2, -0.15) is 0 Å². The Labute approximate surface area is 333 Å². The molecule has 312 valence electrons. The van der Waals surface area contributed by atoms with Crippen molar-refractivity contribution in [2.24, 2.45) is 55.7 Å². The average Bonchev–Trinajstić information content (AvgIpc) is 3.67. The van der Waals surface area contributed by atoms with E-state index in [-0.39, 0.29) is 64.6 Å². The molecule has 0 radical (unpaired) electrons. The van der Waals surface area contributed by atoms with Gasteiger partial charge in [0.05, 0.1) is 37.4 Å². The van der Waals surface area contributed by atoms with Gasteiger partial charge < -0.3 is 44.8 Å². The normalized spacial score (nSPS) is 49.6. The number of rotatable bonds is 8. The predicted molar refractivity (Wildman–Crippen MR) is 209 cm³/mol. The summed E-state index contributed by atoms with van der Waals surface area (Å²) >= 11 is 0. The molecule has 1 aromatic rings. The summed E-state index contributed by atoms with van der Waals surface area (Å²) in [4.78, 5) is 13.4. The minimum Gasteiger partial charge on any atom is -0.481 e. The van der Waals surface area contributed by atoms with Crippen molar-refractivity contribution >= 4 is 5.97 Å². The van der Waals surface area contributed by atoms with Crippen LogP contribution >= 0.6 is 0 Å². The summed E-state index contributed by atoms with van der Waals surface area (Å²) in [5, 5.41) is 65.4. The van der Waals surface area contributed by atoms with Gasteiger partial charge in [0, 0.05) is 12.0 Å². The van der Waals surface area contributed by atoms with Gasteiger partial charge in [0.2, 0.25) is 0 Å². The Kier molecular flexibility index (Phi) is 10.3. The molecule has 1 spiro atoms. The van der Waals surface area contributed by atoms with Crippen LogP contribution in [0.25, 0.3) is 0 Å². The standard InChI is InChI=1S/C46H68O10/c1-40(26-47)17-19-46(39(52)53)20-18-43(4)29(30(46)21-40)13-14-33-41(2)22-32(54-24-28-11-7-6-8-12-28)37(56-38-36(51)35(50)31(49)25-55-38)42(3,27-48)34(41)23-45(44(33,43)5)15-9-10-16-45/h6-8,11-13,30-38,47-51H,9-10,14-27H2,1-5H3,(H,52,53)/t30-,31+,32+,33+,34-,35-,36+,37+,38-,40-,41+,42-,43+,44+,46-/m0/s1. The summed E-state index contributed by atoms with van der Waals surface area (Å²) in [5.74, 6) is -0.597. The topological polar surface area (TPSA) is 166 Å². The Balaban J connectivity index is 1.24. The fourth-order valence-electron chi connectivity index (χ4n) is 15.1. The second-order valence-corrected chi connectivity index (χ2v) is 20.9. The highest BCUT2D eigenvalue weighted by atomic mass is 16.7. The molecule has 7 aliphatic rings. The smallest absolute Gasteiger partial charge is 0.310 e. The number of fused-ring (bicyclic) bond motifs is 8. The quantitative estimate of drug-likeness (QED) is 0.136. The highest BCUT2D eigenvalue weighted by Crippen LogP contribution is 2.82. The third kappa shape index (κ3) is 5.66. The number of aliphatic hydroxyl groups excluding tert-OH is 5. The van der Waals surface area contributed by atoms with Crippen molar-refractivity contribution < 1.29 is 49.6 Å². The molecule has 0 bridgehead atoms. The number of hydrogen-bond acceptors (Lipinski definition) is 9. The van der Waals surface area contributed by atoms with Crippen LogP contribution in [0.2, 0.25) is 0 Å². The first kappa shape index (κ1) is 40.9. The van der Waals surface area contributed by atoms with Crippen LogP contribution in [0.15, 0.2) is 42.0 Å². The van der Waals surface area contributed by atoms with Crippen LogP contribution in [0, 0.1) is 55.7 Å². The van der Waals surface area contributed by atoms with Gasteiger partial charge in [0.15, 0.2) is 6.29 Å². The monoisotopic (exact) mass is 780 g/mol. The Morgan fingerprint density at radius 1 is 0.839 bits per heavy atom. The number of aliphatic carboxylic acids is 1. The van der Waals surface area contributed by atoms with Crippen LogP contribution in [0.5, 0.6) is 0 Å². The Morgan fingerprint density at radius 3 is 2.20 bits per heavy atom. The first-order chi connectivity index (χ1) is 26.5. The van der Waals surface area contributed by atoms with Gasteiger partial charge >= 0.3 is 5.97 Å². The van der Waals surface area contributed by atoms with Crippen LogP contribution in [-0.4, -0.2) is 93.2 Å². The fraction of sp³-hybridized carbons (Fsp3) is 0.804. The van der Waals surface area contributed by atoms with Crippen molar-refractivity contribution in [2.45, 2.75) is 155 Å². The maximum absolute atomic E-state index is 13.4. The van der Waals surface area contributed by atoms with E-state index in [1.54, 1.807) is 0 Å². The molecule has 6 aliphatic carbocycles. The lowest BCUT2D eigenvalue weighted by atomic mass is 9.28. The van der Waals surface area contributed by atoms with Crippen LogP contribution in [0.4, 0.5) is 0 Å². The Morgan fingerprint density at radius 2 is 1.54 bits per heavy atom. The molecule has 15 atom stereocenters. The van der Waals surface area contributed by atoms with Gasteiger partial charge in [-0.25, -0.2) is 0 Å². The number of carboxylic acids is 1. The summed E-state index contributed by atoms with van der Waals surface area (Å²) in [7, 11) is 0. The molecule has 1 saturated heterocycles. The third-order valence-corrected chi connectivity index (χ3v) is 18.5. The molecular formula is C46H68O10. The lowest BCUT2D eigenvalue weighted by Crippen LogP contribution is -2.73. The van der Waals surface area contributed by atoms with Gasteiger partial charge in [-0.15, -0.1) is 0 Å². The number of allylic oxidation sites excluding steroid dienone is 2. The van der Waals surface area contributed by atoms with Crippen molar-refractivity contribution in [3.8, 4) is 0 Å². The summed E-state index contributed by atoms with van der Waals surface area (Å²) in [6.45, 7) is 11.8.